The molecule has 2 rings (SSSR count). The minimum Gasteiger partial charge on any atom is -0.506 e. The van der Waals surface area contributed by atoms with E-state index in [2.05, 4.69) is 31.4 Å². The number of aromatic nitrogens is 1. The molecule has 0 aliphatic rings. The van der Waals surface area contributed by atoms with E-state index in [0.29, 0.717) is 20.4 Å². The Labute approximate surface area is 183 Å². The summed E-state index contributed by atoms with van der Waals surface area (Å²) in [4.78, 5) is 16.1. The summed E-state index contributed by atoms with van der Waals surface area (Å²) < 4.78 is 11.9. The third-order valence-electron chi connectivity index (χ3n) is 3.40. The third kappa shape index (κ3) is 5.88. The number of phenols is 1. The van der Waals surface area contributed by atoms with Gasteiger partial charge in [-0.25, -0.2) is 10.4 Å². The highest BCUT2D eigenvalue weighted by atomic mass is 127. The summed E-state index contributed by atoms with van der Waals surface area (Å²) in [5.41, 5.74) is 4.23. The average Bonchev–Trinajstić information content (AvgIpc) is 2.64. The molecule has 0 aliphatic heterocycles. The van der Waals surface area contributed by atoms with Crippen molar-refractivity contribution in [3.63, 3.8) is 0 Å². The normalized spacial score (nSPS) is 10.7. The third-order valence-corrected chi connectivity index (χ3v) is 4.68. The van der Waals surface area contributed by atoms with Crippen LogP contribution in [-0.4, -0.2) is 35.9 Å². The van der Waals surface area contributed by atoms with Gasteiger partial charge in [0.15, 0.2) is 6.61 Å². The number of nitriles is 1. The molecule has 1 aromatic carbocycles. The number of methoxy groups -OCH3 is 1. The molecule has 0 saturated carbocycles. The number of ether oxygens (including phenoxy) is 2. The van der Waals surface area contributed by atoms with Gasteiger partial charge < -0.3 is 14.6 Å². The molecule has 2 aromatic rings. The molecule has 1 aromatic heterocycles. The molecule has 0 aliphatic carbocycles. The van der Waals surface area contributed by atoms with Crippen LogP contribution in [-0.2, 0) is 16.1 Å². The van der Waals surface area contributed by atoms with Gasteiger partial charge in [0.2, 0.25) is 5.88 Å². The SMILES string of the molecule is COCc1cc(C)nc(OCC(=O)N/N=C/c2cc(Br)cc(I)c2O)c1C#N. The zero-order valence-corrected chi connectivity index (χ0v) is 18.7. The number of carbonyl (C=O) groups is 1. The molecule has 8 nitrogen and oxygen atoms in total. The first-order chi connectivity index (χ1) is 13.3. The fourth-order valence-corrected chi connectivity index (χ4v) is 3.78. The van der Waals surface area contributed by atoms with E-state index in [4.69, 9.17) is 9.47 Å². The van der Waals surface area contributed by atoms with E-state index < -0.39 is 5.91 Å². The summed E-state index contributed by atoms with van der Waals surface area (Å²) in [7, 11) is 1.52. The summed E-state index contributed by atoms with van der Waals surface area (Å²) in [6, 6.07) is 7.16. The Morgan fingerprint density at radius 1 is 1.50 bits per heavy atom. The number of aromatic hydroxyl groups is 1. The van der Waals surface area contributed by atoms with Crippen molar-refractivity contribution in [3.8, 4) is 17.7 Å². The van der Waals surface area contributed by atoms with Crippen molar-refractivity contribution in [1.82, 2.24) is 10.4 Å². The Balaban J connectivity index is 2.03. The topological polar surface area (TPSA) is 117 Å². The number of pyridine rings is 1. The quantitative estimate of drug-likeness (QED) is 0.306. The maximum absolute atomic E-state index is 12.0. The first-order valence-electron chi connectivity index (χ1n) is 7.88. The molecule has 0 saturated heterocycles. The van der Waals surface area contributed by atoms with Crippen LogP contribution in [0.1, 0.15) is 22.4 Å². The fourth-order valence-electron chi connectivity index (χ4n) is 2.23. The fraction of sp³-hybridized carbons (Fsp3) is 0.222. The smallest absolute Gasteiger partial charge is 0.278 e. The molecule has 0 atom stereocenters. The number of hydrogen-bond acceptors (Lipinski definition) is 7. The maximum Gasteiger partial charge on any atom is 0.278 e. The van der Waals surface area contributed by atoms with E-state index in [9.17, 15) is 15.2 Å². The van der Waals surface area contributed by atoms with E-state index in [-0.39, 0.29) is 30.4 Å². The van der Waals surface area contributed by atoms with Gasteiger partial charge in [0.25, 0.3) is 5.91 Å². The summed E-state index contributed by atoms with van der Waals surface area (Å²) >= 11 is 5.31. The number of nitrogens with one attached hydrogen (secondary N) is 1. The number of rotatable bonds is 7. The molecule has 0 unspecified atom stereocenters. The van der Waals surface area contributed by atoms with E-state index in [1.807, 2.05) is 28.7 Å². The van der Waals surface area contributed by atoms with Gasteiger partial charge in [0.05, 0.1) is 16.4 Å². The van der Waals surface area contributed by atoms with E-state index >= 15 is 0 Å². The molecule has 2 N–H and O–H groups in total. The lowest BCUT2D eigenvalue weighted by atomic mass is 10.1. The lowest BCUT2D eigenvalue weighted by Crippen LogP contribution is -2.25. The van der Waals surface area contributed by atoms with Gasteiger partial charge in [-0.15, -0.1) is 0 Å². The Hall–Kier alpha value is -2.23. The number of hydrogen-bond donors (Lipinski definition) is 2. The largest absolute Gasteiger partial charge is 0.506 e. The van der Waals surface area contributed by atoms with E-state index in [0.717, 1.165) is 4.47 Å². The zero-order chi connectivity index (χ0) is 20.7. The summed E-state index contributed by atoms with van der Waals surface area (Å²) in [6.07, 6.45) is 1.32. The highest BCUT2D eigenvalue weighted by molar-refractivity contribution is 14.1. The first-order valence-corrected chi connectivity index (χ1v) is 9.75. The summed E-state index contributed by atoms with van der Waals surface area (Å²) in [5.74, 6) is -0.417. The molecule has 0 radical (unpaired) electrons. The van der Waals surface area contributed by atoms with Gasteiger partial charge in [0.1, 0.15) is 17.4 Å². The van der Waals surface area contributed by atoms with Gasteiger partial charge in [-0.3, -0.25) is 4.79 Å². The number of hydrazone groups is 1. The van der Waals surface area contributed by atoms with Crippen LogP contribution in [0.4, 0.5) is 0 Å². The van der Waals surface area contributed by atoms with Crippen molar-refractivity contribution in [2.24, 2.45) is 5.10 Å². The standard InChI is InChI=1S/C18H16BrIN4O4/c1-10-3-12(8-27-2)14(6-21)18(23-10)28-9-16(25)24-22-7-11-4-13(19)5-15(20)17(11)26/h3-5,7,26H,8-9H2,1-2H3,(H,24,25)/b22-7+. The summed E-state index contributed by atoms with van der Waals surface area (Å²) in [5, 5.41) is 23.1. The number of benzene rings is 1. The van der Waals surface area contributed by atoms with Crippen molar-refractivity contribution < 1.29 is 19.4 Å². The van der Waals surface area contributed by atoms with Gasteiger partial charge in [-0.05, 0) is 47.7 Å². The highest BCUT2D eigenvalue weighted by Crippen LogP contribution is 2.27. The Morgan fingerprint density at radius 2 is 2.25 bits per heavy atom. The van der Waals surface area contributed by atoms with Crippen LogP contribution < -0.4 is 10.2 Å². The van der Waals surface area contributed by atoms with Crippen LogP contribution in [0, 0.1) is 21.8 Å². The number of aryl methyl sites for hydroxylation is 1. The predicted molar refractivity (Wildman–Crippen MR) is 114 cm³/mol. The number of amides is 1. The number of phenolic OH excluding ortho intramolecular Hbond substituents is 1. The molecular formula is C18H16BrIN4O4. The minimum absolute atomic E-state index is 0.0614. The first kappa shape index (κ1) is 22.1. The highest BCUT2D eigenvalue weighted by Gasteiger charge is 2.14. The summed E-state index contributed by atoms with van der Waals surface area (Å²) in [6.45, 7) is 1.61. The van der Waals surface area contributed by atoms with Crippen LogP contribution in [0.25, 0.3) is 0 Å². The van der Waals surface area contributed by atoms with Crippen molar-refractivity contribution in [2.45, 2.75) is 13.5 Å². The van der Waals surface area contributed by atoms with Gasteiger partial charge >= 0.3 is 0 Å². The van der Waals surface area contributed by atoms with E-state index in [1.54, 1.807) is 25.1 Å². The molecule has 0 bridgehead atoms. The van der Waals surface area contributed by atoms with Crippen LogP contribution >= 0.6 is 38.5 Å². The minimum atomic E-state index is -0.541. The maximum atomic E-state index is 12.0. The molecule has 146 valence electrons. The Kier molecular flexibility index (Phi) is 8.16. The van der Waals surface area contributed by atoms with Crippen LogP contribution in [0.2, 0.25) is 0 Å². The molecule has 1 amide bonds. The van der Waals surface area contributed by atoms with Crippen molar-refractivity contribution in [3.05, 3.63) is 48.6 Å². The number of carbonyl (C=O) groups excluding carboxylic acids is 1. The lowest BCUT2D eigenvalue weighted by molar-refractivity contribution is -0.123. The van der Waals surface area contributed by atoms with Crippen molar-refractivity contribution in [2.75, 3.05) is 13.7 Å². The van der Waals surface area contributed by atoms with Crippen molar-refractivity contribution in [1.29, 1.82) is 5.26 Å². The van der Waals surface area contributed by atoms with Gasteiger partial charge in [-0.1, -0.05) is 15.9 Å². The monoisotopic (exact) mass is 558 g/mol. The number of nitrogens with zero attached hydrogens (tertiary/aromatic N) is 3. The Bertz CT molecular complexity index is 960. The van der Waals surface area contributed by atoms with Gasteiger partial charge in [0, 0.05) is 28.4 Å². The second-order valence-electron chi connectivity index (χ2n) is 5.56. The molecule has 0 fully saturated rings. The molecule has 1 heterocycles. The molecular weight excluding hydrogens is 543 g/mol. The zero-order valence-electron chi connectivity index (χ0n) is 15.0. The second kappa shape index (κ2) is 10.4. The second-order valence-corrected chi connectivity index (χ2v) is 7.63. The van der Waals surface area contributed by atoms with Crippen LogP contribution in [0.5, 0.6) is 11.6 Å². The van der Waals surface area contributed by atoms with Crippen LogP contribution in [0.3, 0.4) is 0 Å². The average molecular weight is 559 g/mol. The molecule has 0 spiro atoms. The lowest BCUT2D eigenvalue weighted by Gasteiger charge is -2.10. The van der Waals surface area contributed by atoms with Crippen molar-refractivity contribution >= 4 is 50.6 Å². The Morgan fingerprint density at radius 3 is 2.93 bits per heavy atom. The van der Waals surface area contributed by atoms with Gasteiger partial charge in [-0.2, -0.15) is 10.4 Å². The predicted octanol–water partition coefficient (Wildman–Crippen LogP) is 3.01. The van der Waals surface area contributed by atoms with E-state index in [1.165, 1.54) is 13.3 Å². The number of halogens is 2. The molecule has 28 heavy (non-hydrogen) atoms. The molecule has 10 heteroatoms. The van der Waals surface area contributed by atoms with Crippen LogP contribution in [0.15, 0.2) is 27.8 Å².